The third-order valence-electron chi connectivity index (χ3n) is 2.35. The third kappa shape index (κ3) is 2.15. The lowest BCUT2D eigenvalue weighted by atomic mass is 9.99. The van der Waals surface area contributed by atoms with Crippen molar-refractivity contribution < 1.29 is 19.1 Å². The van der Waals surface area contributed by atoms with Crippen LogP contribution in [0.2, 0.25) is 0 Å². The Morgan fingerprint density at radius 3 is 2.67 bits per heavy atom. The molecule has 1 fully saturated rings. The molecule has 1 rings (SSSR count). The summed E-state index contributed by atoms with van der Waals surface area (Å²) in [6, 6.07) is 0. The number of nitrogens with zero attached hydrogens (tertiary/aromatic N) is 1. The fourth-order valence-corrected chi connectivity index (χ4v) is 1.38. The number of carbonyl (C=O) groups is 3. The van der Waals surface area contributed by atoms with E-state index in [1.165, 1.54) is 12.0 Å². The van der Waals surface area contributed by atoms with Crippen LogP contribution >= 0.6 is 0 Å². The van der Waals surface area contributed by atoms with E-state index in [2.05, 4.69) is 10.1 Å². The van der Waals surface area contributed by atoms with Crippen molar-refractivity contribution in [3.8, 4) is 0 Å². The molecule has 0 bridgehead atoms. The first-order chi connectivity index (χ1) is 6.89. The van der Waals surface area contributed by atoms with Crippen LogP contribution in [0, 0.1) is 0 Å². The van der Waals surface area contributed by atoms with Crippen molar-refractivity contribution in [3.63, 3.8) is 0 Å². The molecule has 84 valence electrons. The summed E-state index contributed by atoms with van der Waals surface area (Å²) in [4.78, 5) is 35.4. The fourth-order valence-electron chi connectivity index (χ4n) is 1.38. The number of amides is 3. The van der Waals surface area contributed by atoms with Gasteiger partial charge in [0.2, 0.25) is 11.8 Å². The first-order valence-electron chi connectivity index (χ1n) is 4.53. The highest BCUT2D eigenvalue weighted by Gasteiger charge is 2.43. The smallest absolute Gasteiger partial charge is 0.252 e. The Labute approximate surface area is 87.6 Å². The van der Waals surface area contributed by atoms with Gasteiger partial charge in [0.15, 0.2) is 0 Å². The molecule has 6 heteroatoms. The van der Waals surface area contributed by atoms with Crippen LogP contribution in [0.25, 0.3) is 0 Å². The zero-order valence-corrected chi connectivity index (χ0v) is 8.99. The maximum atomic E-state index is 11.6. The van der Waals surface area contributed by atoms with Gasteiger partial charge in [0.25, 0.3) is 5.91 Å². The molecule has 0 spiro atoms. The van der Waals surface area contributed by atoms with Crippen LogP contribution in [0.5, 0.6) is 0 Å². The van der Waals surface area contributed by atoms with Gasteiger partial charge in [-0.05, 0) is 13.8 Å². The Morgan fingerprint density at radius 2 is 2.13 bits per heavy atom. The van der Waals surface area contributed by atoms with Crippen molar-refractivity contribution >= 4 is 17.7 Å². The van der Waals surface area contributed by atoms with Gasteiger partial charge >= 0.3 is 0 Å². The number of carbonyl (C=O) groups excluding carboxylic acids is 3. The van der Waals surface area contributed by atoms with Crippen LogP contribution in [-0.4, -0.2) is 48.4 Å². The molecule has 1 heterocycles. The molecule has 0 aromatic heterocycles. The van der Waals surface area contributed by atoms with E-state index in [0.717, 1.165) is 0 Å². The van der Waals surface area contributed by atoms with Crippen molar-refractivity contribution in [1.29, 1.82) is 0 Å². The zero-order chi connectivity index (χ0) is 11.6. The van der Waals surface area contributed by atoms with E-state index in [-0.39, 0.29) is 19.1 Å². The molecule has 15 heavy (non-hydrogen) atoms. The summed E-state index contributed by atoms with van der Waals surface area (Å²) in [5, 5.41) is 2.18. The lowest BCUT2D eigenvalue weighted by Gasteiger charge is -2.39. The molecule has 1 aliphatic heterocycles. The summed E-state index contributed by atoms with van der Waals surface area (Å²) >= 11 is 0. The second-order valence-electron chi connectivity index (χ2n) is 3.85. The number of hydrogen-bond donors (Lipinski definition) is 1. The summed E-state index contributed by atoms with van der Waals surface area (Å²) in [5.41, 5.74) is -1.01. The molecule has 1 N–H and O–H groups in total. The van der Waals surface area contributed by atoms with Gasteiger partial charge in [-0.3, -0.25) is 19.7 Å². The second kappa shape index (κ2) is 3.98. The number of methoxy groups -OCH3 is 1. The fraction of sp³-hybridized carbons (Fsp3) is 0.667. The molecule has 0 aliphatic carbocycles. The average molecular weight is 214 g/mol. The summed E-state index contributed by atoms with van der Waals surface area (Å²) in [7, 11) is 1.39. The van der Waals surface area contributed by atoms with Gasteiger partial charge in [-0.2, -0.15) is 0 Å². The first kappa shape index (κ1) is 11.6. The van der Waals surface area contributed by atoms with Crippen molar-refractivity contribution in [2.75, 3.05) is 20.3 Å². The zero-order valence-electron chi connectivity index (χ0n) is 8.99. The molecular formula is C9H14N2O4. The topological polar surface area (TPSA) is 75.7 Å². The molecule has 0 aromatic carbocycles. The molecule has 1 saturated heterocycles. The Balaban J connectivity index is 2.88. The maximum absolute atomic E-state index is 11.6. The Morgan fingerprint density at radius 1 is 1.53 bits per heavy atom. The van der Waals surface area contributed by atoms with Gasteiger partial charge < -0.3 is 9.64 Å². The van der Waals surface area contributed by atoms with Gasteiger partial charge in [0.05, 0.1) is 0 Å². The van der Waals surface area contributed by atoms with Crippen LogP contribution < -0.4 is 5.32 Å². The number of rotatable bonds is 2. The molecule has 6 nitrogen and oxygen atoms in total. The van der Waals surface area contributed by atoms with Crippen molar-refractivity contribution in [3.05, 3.63) is 0 Å². The molecule has 0 saturated carbocycles. The highest BCUT2D eigenvalue weighted by Crippen LogP contribution is 2.18. The molecule has 1 aliphatic rings. The van der Waals surface area contributed by atoms with Crippen LogP contribution in [0.3, 0.4) is 0 Å². The maximum Gasteiger partial charge on any atom is 0.252 e. The van der Waals surface area contributed by atoms with Gasteiger partial charge in [-0.1, -0.05) is 0 Å². The minimum absolute atomic E-state index is 0.110. The van der Waals surface area contributed by atoms with Crippen molar-refractivity contribution in [2.24, 2.45) is 0 Å². The van der Waals surface area contributed by atoms with Gasteiger partial charge in [-0.25, -0.2) is 0 Å². The minimum atomic E-state index is -1.01. The summed E-state index contributed by atoms with van der Waals surface area (Å²) in [5.74, 6) is -1.31. The molecular weight excluding hydrogens is 200 g/mol. The van der Waals surface area contributed by atoms with E-state index in [4.69, 9.17) is 0 Å². The van der Waals surface area contributed by atoms with E-state index in [1.54, 1.807) is 13.8 Å². The molecule has 0 unspecified atom stereocenters. The number of piperazine rings is 1. The lowest BCUT2D eigenvalue weighted by Crippen LogP contribution is -2.66. The van der Waals surface area contributed by atoms with E-state index in [0.29, 0.717) is 0 Å². The predicted octanol–water partition coefficient (Wildman–Crippen LogP) is -1.10. The Hall–Kier alpha value is -1.43. The predicted molar refractivity (Wildman–Crippen MR) is 50.8 cm³/mol. The number of nitrogens with one attached hydrogen (secondary N) is 1. The van der Waals surface area contributed by atoms with Crippen molar-refractivity contribution in [2.45, 2.75) is 19.4 Å². The lowest BCUT2D eigenvalue weighted by molar-refractivity contribution is -0.157. The molecule has 0 radical (unpaired) electrons. The third-order valence-corrected chi connectivity index (χ3v) is 2.35. The van der Waals surface area contributed by atoms with Gasteiger partial charge in [-0.15, -0.1) is 0 Å². The standard InChI is InChI=1S/C9H14N2O4/c1-9(2)8(14)10-6(12)4-11(9)7(13)5-15-3/h4-5H2,1-3H3,(H,10,12,14). The molecule has 0 aromatic rings. The van der Waals surface area contributed by atoms with Crippen LogP contribution in [0.1, 0.15) is 13.8 Å². The number of hydrogen-bond acceptors (Lipinski definition) is 4. The summed E-state index contributed by atoms with van der Waals surface area (Å²) in [6.45, 7) is 2.93. The Bertz CT molecular complexity index is 311. The quantitative estimate of drug-likeness (QED) is 0.592. The van der Waals surface area contributed by atoms with Crippen molar-refractivity contribution in [1.82, 2.24) is 10.2 Å². The molecule has 0 atom stereocenters. The number of ether oxygens (including phenoxy) is 1. The number of imide groups is 1. The monoisotopic (exact) mass is 214 g/mol. The van der Waals surface area contributed by atoms with E-state index < -0.39 is 17.4 Å². The summed E-state index contributed by atoms with van der Waals surface area (Å²) < 4.78 is 4.69. The normalized spacial score (nSPS) is 20.1. The van der Waals surface area contributed by atoms with E-state index in [9.17, 15) is 14.4 Å². The highest BCUT2D eigenvalue weighted by atomic mass is 16.5. The second-order valence-corrected chi connectivity index (χ2v) is 3.85. The SMILES string of the molecule is COCC(=O)N1CC(=O)NC(=O)C1(C)C. The van der Waals surface area contributed by atoms with Crippen LogP contribution in [-0.2, 0) is 19.1 Å². The van der Waals surface area contributed by atoms with E-state index in [1.807, 2.05) is 0 Å². The average Bonchev–Trinajstić information content (AvgIpc) is 2.12. The Kier molecular flexibility index (Phi) is 3.09. The first-order valence-corrected chi connectivity index (χ1v) is 4.53. The minimum Gasteiger partial charge on any atom is -0.375 e. The van der Waals surface area contributed by atoms with Crippen LogP contribution in [0.4, 0.5) is 0 Å². The van der Waals surface area contributed by atoms with Gasteiger partial charge in [0.1, 0.15) is 18.7 Å². The largest absolute Gasteiger partial charge is 0.375 e. The summed E-state index contributed by atoms with van der Waals surface area (Å²) in [6.07, 6.45) is 0. The van der Waals surface area contributed by atoms with Crippen LogP contribution in [0.15, 0.2) is 0 Å². The van der Waals surface area contributed by atoms with Gasteiger partial charge in [0, 0.05) is 7.11 Å². The van der Waals surface area contributed by atoms with E-state index >= 15 is 0 Å². The highest BCUT2D eigenvalue weighted by molar-refractivity contribution is 6.06. The molecule has 3 amide bonds.